The first-order chi connectivity index (χ1) is 9.49. The van der Waals surface area contributed by atoms with Gasteiger partial charge in [-0.2, -0.15) is 0 Å². The van der Waals surface area contributed by atoms with Crippen LogP contribution in [0.2, 0.25) is 0 Å². The van der Waals surface area contributed by atoms with Crippen molar-refractivity contribution in [3.63, 3.8) is 0 Å². The van der Waals surface area contributed by atoms with Crippen LogP contribution in [0, 0.1) is 11.3 Å². The van der Waals surface area contributed by atoms with Gasteiger partial charge in [-0.25, -0.2) is 0 Å². The fraction of sp³-hybridized carbons (Fsp3) is 0.647. The fourth-order valence-electron chi connectivity index (χ4n) is 3.61. The Morgan fingerprint density at radius 3 is 2.75 bits per heavy atom. The molecule has 112 valence electrons. The van der Waals surface area contributed by atoms with Crippen molar-refractivity contribution in [1.29, 1.82) is 0 Å². The van der Waals surface area contributed by atoms with Gasteiger partial charge in [0.25, 0.3) is 0 Å². The smallest absolute Gasteiger partial charge is 0.123 e. The summed E-state index contributed by atoms with van der Waals surface area (Å²) in [6, 6.07) is 6.68. The molecule has 20 heavy (non-hydrogen) atoms. The summed E-state index contributed by atoms with van der Waals surface area (Å²) in [5, 5.41) is 3.70. The van der Waals surface area contributed by atoms with Crippen molar-refractivity contribution in [2.75, 3.05) is 13.7 Å². The third-order valence-corrected chi connectivity index (χ3v) is 5.19. The second-order valence-electron chi connectivity index (χ2n) is 6.41. The second-order valence-corrected chi connectivity index (χ2v) is 7.32. The number of methoxy groups -OCH3 is 1. The average molecular weight is 340 g/mol. The highest BCUT2D eigenvalue weighted by atomic mass is 79.9. The first-order valence-corrected chi connectivity index (χ1v) is 8.35. The standard InChI is InChI=1S/C17H26BrNO/c1-5-19-16(14-7-6-10-17(14,2)3)13-11-12(18)8-9-15(13)20-4/h8-9,11,14,16,19H,5-7,10H2,1-4H3. The number of hydrogen-bond donors (Lipinski definition) is 1. The van der Waals surface area contributed by atoms with E-state index in [9.17, 15) is 0 Å². The van der Waals surface area contributed by atoms with Gasteiger partial charge in [-0.1, -0.05) is 43.1 Å². The Bertz CT molecular complexity index is 458. The van der Waals surface area contributed by atoms with Crippen molar-refractivity contribution < 1.29 is 4.74 Å². The van der Waals surface area contributed by atoms with Gasteiger partial charge in [0.15, 0.2) is 0 Å². The molecule has 2 nitrogen and oxygen atoms in total. The van der Waals surface area contributed by atoms with Gasteiger partial charge in [0.05, 0.1) is 7.11 Å². The molecule has 0 radical (unpaired) electrons. The zero-order valence-electron chi connectivity index (χ0n) is 13.0. The quantitative estimate of drug-likeness (QED) is 0.820. The van der Waals surface area contributed by atoms with E-state index in [4.69, 9.17) is 4.74 Å². The lowest BCUT2D eigenvalue weighted by Crippen LogP contribution is -2.34. The molecular formula is C17H26BrNO. The number of benzene rings is 1. The monoisotopic (exact) mass is 339 g/mol. The molecule has 2 rings (SSSR count). The highest BCUT2D eigenvalue weighted by Gasteiger charge is 2.40. The summed E-state index contributed by atoms with van der Waals surface area (Å²) in [5.41, 5.74) is 1.67. The number of nitrogens with one attached hydrogen (secondary N) is 1. The van der Waals surface area contributed by atoms with Gasteiger partial charge in [0.2, 0.25) is 0 Å². The van der Waals surface area contributed by atoms with Gasteiger partial charge in [-0.05, 0) is 48.9 Å². The third-order valence-electron chi connectivity index (χ3n) is 4.69. The second kappa shape index (κ2) is 6.48. The van der Waals surface area contributed by atoms with Gasteiger partial charge >= 0.3 is 0 Å². The van der Waals surface area contributed by atoms with Crippen LogP contribution in [0.25, 0.3) is 0 Å². The van der Waals surface area contributed by atoms with E-state index in [0.29, 0.717) is 17.4 Å². The van der Waals surface area contributed by atoms with Crippen LogP contribution < -0.4 is 10.1 Å². The fourth-order valence-corrected chi connectivity index (χ4v) is 3.99. The molecule has 0 saturated heterocycles. The molecule has 1 N–H and O–H groups in total. The van der Waals surface area contributed by atoms with E-state index in [0.717, 1.165) is 16.8 Å². The minimum atomic E-state index is 0.366. The van der Waals surface area contributed by atoms with E-state index in [2.05, 4.69) is 54.2 Å². The average Bonchev–Trinajstić information content (AvgIpc) is 2.75. The lowest BCUT2D eigenvalue weighted by Gasteiger charge is -2.35. The molecule has 1 aliphatic rings. The molecular weight excluding hydrogens is 314 g/mol. The molecule has 1 saturated carbocycles. The molecule has 3 heteroatoms. The summed E-state index contributed by atoms with van der Waals surface area (Å²) >= 11 is 3.60. The molecule has 0 heterocycles. The minimum Gasteiger partial charge on any atom is -0.496 e. The predicted octanol–water partition coefficient (Wildman–Crippen LogP) is 4.93. The van der Waals surface area contributed by atoms with Crippen LogP contribution in [0.15, 0.2) is 22.7 Å². The number of ether oxygens (including phenoxy) is 1. The maximum absolute atomic E-state index is 5.59. The molecule has 2 atom stereocenters. The van der Waals surface area contributed by atoms with E-state index < -0.39 is 0 Å². The van der Waals surface area contributed by atoms with Gasteiger partial charge in [0, 0.05) is 16.1 Å². The third kappa shape index (κ3) is 3.20. The van der Waals surface area contributed by atoms with Crippen molar-refractivity contribution >= 4 is 15.9 Å². The van der Waals surface area contributed by atoms with Crippen molar-refractivity contribution in [2.45, 2.75) is 46.1 Å². The topological polar surface area (TPSA) is 21.3 Å². The van der Waals surface area contributed by atoms with Crippen LogP contribution in [-0.2, 0) is 0 Å². The van der Waals surface area contributed by atoms with E-state index in [-0.39, 0.29) is 0 Å². The first-order valence-electron chi connectivity index (χ1n) is 7.56. The van der Waals surface area contributed by atoms with Crippen molar-refractivity contribution in [2.24, 2.45) is 11.3 Å². The lowest BCUT2D eigenvalue weighted by molar-refractivity contribution is 0.196. The molecule has 1 aliphatic carbocycles. The van der Waals surface area contributed by atoms with Gasteiger partial charge in [0.1, 0.15) is 5.75 Å². The molecule has 1 fully saturated rings. The molecule has 1 aromatic carbocycles. The minimum absolute atomic E-state index is 0.366. The van der Waals surface area contributed by atoms with Crippen molar-refractivity contribution in [3.05, 3.63) is 28.2 Å². The molecule has 1 aromatic rings. The normalized spacial score (nSPS) is 22.8. The summed E-state index contributed by atoms with van der Waals surface area (Å²) < 4.78 is 6.71. The van der Waals surface area contributed by atoms with Crippen LogP contribution in [0.4, 0.5) is 0 Å². The molecule has 0 aromatic heterocycles. The summed E-state index contributed by atoms with van der Waals surface area (Å²) in [7, 11) is 1.76. The molecule has 0 amide bonds. The van der Waals surface area contributed by atoms with Crippen LogP contribution in [0.3, 0.4) is 0 Å². The molecule has 0 spiro atoms. The predicted molar refractivity (Wildman–Crippen MR) is 88.2 cm³/mol. The highest BCUT2D eigenvalue weighted by molar-refractivity contribution is 9.10. The Labute approximate surface area is 131 Å². The summed E-state index contributed by atoms with van der Waals surface area (Å²) in [4.78, 5) is 0. The van der Waals surface area contributed by atoms with E-state index in [1.54, 1.807) is 7.11 Å². The van der Waals surface area contributed by atoms with Gasteiger partial charge in [-0.15, -0.1) is 0 Å². The lowest BCUT2D eigenvalue weighted by atomic mass is 9.75. The Hall–Kier alpha value is -0.540. The van der Waals surface area contributed by atoms with Crippen LogP contribution in [-0.4, -0.2) is 13.7 Å². The Morgan fingerprint density at radius 1 is 1.45 bits per heavy atom. The maximum atomic E-state index is 5.59. The van der Waals surface area contributed by atoms with Gasteiger partial charge in [-0.3, -0.25) is 0 Å². The first kappa shape index (κ1) is 15.8. The largest absolute Gasteiger partial charge is 0.496 e. The Morgan fingerprint density at radius 2 is 2.20 bits per heavy atom. The van der Waals surface area contributed by atoms with Crippen molar-refractivity contribution in [1.82, 2.24) is 5.32 Å². The van der Waals surface area contributed by atoms with Crippen LogP contribution in [0.5, 0.6) is 5.75 Å². The zero-order valence-corrected chi connectivity index (χ0v) is 14.6. The summed E-state index contributed by atoms with van der Waals surface area (Å²) in [5.74, 6) is 1.65. The van der Waals surface area contributed by atoms with E-state index in [1.165, 1.54) is 24.8 Å². The Kier molecular flexibility index (Phi) is 5.14. The SMILES string of the molecule is CCNC(c1cc(Br)ccc1OC)C1CCCC1(C)C. The number of hydrogen-bond acceptors (Lipinski definition) is 2. The maximum Gasteiger partial charge on any atom is 0.123 e. The van der Waals surface area contributed by atoms with E-state index >= 15 is 0 Å². The number of halogens is 1. The van der Waals surface area contributed by atoms with Crippen LogP contribution >= 0.6 is 15.9 Å². The summed E-state index contributed by atoms with van der Waals surface area (Å²) in [6.45, 7) is 7.96. The Balaban J connectivity index is 2.40. The molecule has 0 aliphatic heterocycles. The highest BCUT2D eigenvalue weighted by Crippen LogP contribution is 2.50. The molecule has 0 bridgehead atoms. The summed E-state index contributed by atoms with van der Waals surface area (Å²) in [6.07, 6.45) is 3.94. The van der Waals surface area contributed by atoms with Crippen molar-refractivity contribution in [3.8, 4) is 5.75 Å². The van der Waals surface area contributed by atoms with Gasteiger partial charge < -0.3 is 10.1 Å². The zero-order chi connectivity index (χ0) is 14.8. The number of rotatable bonds is 5. The van der Waals surface area contributed by atoms with Crippen LogP contribution in [0.1, 0.15) is 51.6 Å². The molecule has 2 unspecified atom stereocenters. The van der Waals surface area contributed by atoms with E-state index in [1.807, 2.05) is 6.07 Å².